The maximum Gasteiger partial charge on any atom is 0.224 e. The number of piperidine rings is 1. The Morgan fingerprint density at radius 1 is 1.12 bits per heavy atom. The SMILES string of the molecule is COc1ccc(C2(NC(=O)C3CC34CCNCC4)CCCC2)cc1.Cl. The van der Waals surface area contributed by atoms with Crippen molar-refractivity contribution in [1.29, 1.82) is 0 Å². The molecule has 1 heterocycles. The van der Waals surface area contributed by atoms with Crippen molar-refractivity contribution >= 4 is 18.3 Å². The number of hydrogen-bond donors (Lipinski definition) is 2. The molecule has 2 N–H and O–H groups in total. The molecule has 0 radical (unpaired) electrons. The number of rotatable bonds is 4. The standard InChI is InChI=1S/C20H28N2O2.ClH/c1-24-16-6-4-15(5-7-16)20(8-2-3-9-20)22-18(23)17-14-19(17)10-12-21-13-11-19;/h4-7,17,21H,2-3,8-14H2,1H3,(H,22,23);1H. The quantitative estimate of drug-likeness (QED) is 0.861. The zero-order chi connectivity index (χ0) is 16.6. The van der Waals surface area contributed by atoms with Gasteiger partial charge in [0.1, 0.15) is 5.75 Å². The van der Waals surface area contributed by atoms with Gasteiger partial charge in [-0.2, -0.15) is 0 Å². The normalized spacial score (nSPS) is 25.9. The van der Waals surface area contributed by atoms with Gasteiger partial charge in [0.15, 0.2) is 0 Å². The van der Waals surface area contributed by atoms with Gasteiger partial charge < -0.3 is 15.4 Å². The first-order chi connectivity index (χ1) is 11.7. The summed E-state index contributed by atoms with van der Waals surface area (Å²) in [5.74, 6) is 1.39. The minimum absolute atomic E-state index is 0. The molecule has 5 heteroatoms. The van der Waals surface area contributed by atoms with Gasteiger partial charge in [-0.3, -0.25) is 4.79 Å². The van der Waals surface area contributed by atoms with Crippen molar-refractivity contribution in [2.75, 3.05) is 20.2 Å². The Bertz CT molecular complexity index is 605. The van der Waals surface area contributed by atoms with Crippen molar-refractivity contribution in [2.45, 2.75) is 50.5 Å². The number of ether oxygens (including phenoxy) is 1. The van der Waals surface area contributed by atoms with E-state index in [0.717, 1.165) is 50.9 Å². The van der Waals surface area contributed by atoms with E-state index in [0.29, 0.717) is 5.41 Å². The minimum Gasteiger partial charge on any atom is -0.497 e. The van der Waals surface area contributed by atoms with Crippen LogP contribution in [-0.4, -0.2) is 26.1 Å². The predicted molar refractivity (Wildman–Crippen MR) is 101 cm³/mol. The number of nitrogens with one attached hydrogen (secondary N) is 2. The summed E-state index contributed by atoms with van der Waals surface area (Å²) in [4.78, 5) is 13.0. The van der Waals surface area contributed by atoms with E-state index in [-0.39, 0.29) is 29.8 Å². The lowest BCUT2D eigenvalue weighted by Crippen LogP contribution is -2.45. The molecule has 1 amide bonds. The van der Waals surface area contributed by atoms with Crippen molar-refractivity contribution in [2.24, 2.45) is 11.3 Å². The second kappa shape index (κ2) is 7.16. The van der Waals surface area contributed by atoms with Gasteiger partial charge in [-0.25, -0.2) is 0 Å². The summed E-state index contributed by atoms with van der Waals surface area (Å²) in [5, 5.41) is 6.89. The highest BCUT2D eigenvalue weighted by molar-refractivity contribution is 5.85. The molecule has 1 atom stereocenters. The van der Waals surface area contributed by atoms with E-state index in [4.69, 9.17) is 4.74 Å². The summed E-state index contributed by atoms with van der Waals surface area (Å²) in [7, 11) is 1.69. The van der Waals surface area contributed by atoms with Crippen LogP contribution in [-0.2, 0) is 10.3 Å². The third-order valence-corrected chi connectivity index (χ3v) is 6.57. The summed E-state index contributed by atoms with van der Waals surface area (Å²) in [6, 6.07) is 8.26. The van der Waals surface area contributed by atoms with Gasteiger partial charge in [0, 0.05) is 5.92 Å². The summed E-state index contributed by atoms with van der Waals surface area (Å²) in [6.45, 7) is 2.13. The Hall–Kier alpha value is -1.26. The number of benzene rings is 1. The number of methoxy groups -OCH3 is 1. The molecule has 3 fully saturated rings. The Labute approximate surface area is 156 Å². The van der Waals surface area contributed by atoms with Crippen LogP contribution in [0.5, 0.6) is 5.75 Å². The molecule has 1 aromatic rings. The lowest BCUT2D eigenvalue weighted by Gasteiger charge is -2.32. The van der Waals surface area contributed by atoms with E-state index >= 15 is 0 Å². The molecule has 0 bridgehead atoms. The van der Waals surface area contributed by atoms with Crippen molar-refractivity contribution in [1.82, 2.24) is 10.6 Å². The fourth-order valence-corrected chi connectivity index (χ4v) is 4.89. The van der Waals surface area contributed by atoms with E-state index in [1.807, 2.05) is 12.1 Å². The van der Waals surface area contributed by atoms with Gasteiger partial charge in [-0.05, 0) is 68.3 Å². The lowest BCUT2D eigenvalue weighted by atomic mass is 9.87. The summed E-state index contributed by atoms with van der Waals surface area (Å²) < 4.78 is 5.28. The molecule has 4 nitrogen and oxygen atoms in total. The number of carbonyl (C=O) groups excluding carboxylic acids is 1. The van der Waals surface area contributed by atoms with Crippen LogP contribution in [0.25, 0.3) is 0 Å². The van der Waals surface area contributed by atoms with Gasteiger partial charge in [0.25, 0.3) is 0 Å². The van der Waals surface area contributed by atoms with Crippen molar-refractivity contribution in [3.05, 3.63) is 29.8 Å². The fraction of sp³-hybridized carbons (Fsp3) is 0.650. The zero-order valence-electron chi connectivity index (χ0n) is 15.0. The molecule has 25 heavy (non-hydrogen) atoms. The van der Waals surface area contributed by atoms with Crippen LogP contribution in [0.2, 0.25) is 0 Å². The molecule has 1 aromatic carbocycles. The van der Waals surface area contributed by atoms with Gasteiger partial charge >= 0.3 is 0 Å². The van der Waals surface area contributed by atoms with E-state index in [1.165, 1.54) is 18.4 Å². The second-order valence-electron chi connectivity index (χ2n) is 7.88. The molecule has 1 unspecified atom stereocenters. The van der Waals surface area contributed by atoms with Crippen molar-refractivity contribution < 1.29 is 9.53 Å². The van der Waals surface area contributed by atoms with Crippen LogP contribution < -0.4 is 15.4 Å². The van der Waals surface area contributed by atoms with E-state index in [1.54, 1.807) is 7.11 Å². The zero-order valence-corrected chi connectivity index (χ0v) is 15.8. The average Bonchev–Trinajstić information content (AvgIpc) is 3.10. The molecule has 0 aromatic heterocycles. The molecule has 2 aliphatic carbocycles. The van der Waals surface area contributed by atoms with Gasteiger partial charge in [-0.15, -0.1) is 12.4 Å². The van der Waals surface area contributed by atoms with Gasteiger partial charge in [0.05, 0.1) is 12.6 Å². The van der Waals surface area contributed by atoms with Crippen LogP contribution in [0.15, 0.2) is 24.3 Å². The molecular formula is C20H29ClN2O2. The molecule has 4 rings (SSSR count). The maximum atomic E-state index is 13.0. The highest BCUT2D eigenvalue weighted by Crippen LogP contribution is 2.59. The predicted octanol–water partition coefficient (Wildman–Crippen LogP) is 3.39. The second-order valence-corrected chi connectivity index (χ2v) is 7.88. The van der Waals surface area contributed by atoms with Crippen molar-refractivity contribution in [3.63, 3.8) is 0 Å². The van der Waals surface area contributed by atoms with Crippen molar-refractivity contribution in [3.8, 4) is 5.75 Å². The van der Waals surface area contributed by atoms with Crippen LogP contribution in [0.3, 0.4) is 0 Å². The number of halogens is 1. The van der Waals surface area contributed by atoms with E-state index in [9.17, 15) is 4.79 Å². The minimum atomic E-state index is -0.167. The maximum absolute atomic E-state index is 13.0. The van der Waals surface area contributed by atoms with Crippen LogP contribution in [0.4, 0.5) is 0 Å². The number of amides is 1. The van der Waals surface area contributed by atoms with Crippen LogP contribution >= 0.6 is 12.4 Å². The van der Waals surface area contributed by atoms with E-state index < -0.39 is 0 Å². The summed E-state index contributed by atoms with van der Waals surface area (Å²) >= 11 is 0. The van der Waals surface area contributed by atoms with E-state index in [2.05, 4.69) is 22.8 Å². The third-order valence-electron chi connectivity index (χ3n) is 6.57. The molecular weight excluding hydrogens is 336 g/mol. The Morgan fingerprint density at radius 3 is 2.36 bits per heavy atom. The molecule has 1 aliphatic heterocycles. The molecule has 2 saturated carbocycles. The summed E-state index contributed by atoms with van der Waals surface area (Å²) in [5.41, 5.74) is 1.36. The fourth-order valence-electron chi connectivity index (χ4n) is 4.89. The monoisotopic (exact) mass is 364 g/mol. The Balaban J connectivity index is 0.00000182. The number of hydrogen-bond acceptors (Lipinski definition) is 3. The lowest BCUT2D eigenvalue weighted by molar-refractivity contribution is -0.125. The topological polar surface area (TPSA) is 50.4 Å². The van der Waals surface area contributed by atoms with Crippen LogP contribution in [0.1, 0.15) is 50.5 Å². The highest BCUT2D eigenvalue weighted by Gasteiger charge is 2.58. The number of carbonyl (C=O) groups is 1. The highest BCUT2D eigenvalue weighted by atomic mass is 35.5. The van der Waals surface area contributed by atoms with Gasteiger partial charge in [0.2, 0.25) is 5.91 Å². The van der Waals surface area contributed by atoms with Gasteiger partial charge in [-0.1, -0.05) is 25.0 Å². The third kappa shape index (κ3) is 3.39. The largest absolute Gasteiger partial charge is 0.497 e. The first kappa shape index (κ1) is 18.5. The smallest absolute Gasteiger partial charge is 0.224 e. The Morgan fingerprint density at radius 2 is 1.76 bits per heavy atom. The first-order valence-corrected chi connectivity index (χ1v) is 9.35. The molecule has 138 valence electrons. The Kier molecular flexibility index (Phi) is 5.31. The molecule has 1 saturated heterocycles. The van der Waals surface area contributed by atoms with Crippen LogP contribution in [0, 0.1) is 11.3 Å². The molecule has 1 spiro atoms. The average molecular weight is 365 g/mol. The first-order valence-electron chi connectivity index (χ1n) is 9.35. The summed E-state index contributed by atoms with van der Waals surface area (Å²) in [6.07, 6.45) is 7.86. The molecule has 3 aliphatic rings.